The molecule has 0 aliphatic carbocycles. The molecule has 0 atom stereocenters. The fraction of sp³-hybridized carbons (Fsp3) is 0.300. The number of nitrogens with one attached hydrogen (secondary N) is 2. The monoisotopic (exact) mass is 340 g/mol. The molecule has 0 aromatic heterocycles. The van der Waals surface area contributed by atoms with Gasteiger partial charge in [0.25, 0.3) is 0 Å². The lowest BCUT2D eigenvalue weighted by atomic mass is 9.90. The molecule has 25 heavy (non-hydrogen) atoms. The lowest BCUT2D eigenvalue weighted by molar-refractivity contribution is -0.135. The maximum Gasteiger partial charge on any atom is 0.239 e. The number of aryl methyl sites for hydroxylation is 1. The van der Waals surface area contributed by atoms with Crippen LogP contribution in [0.25, 0.3) is 0 Å². The van der Waals surface area contributed by atoms with Gasteiger partial charge in [0.1, 0.15) is 11.2 Å². The van der Waals surface area contributed by atoms with Gasteiger partial charge >= 0.3 is 0 Å². The van der Waals surface area contributed by atoms with Crippen molar-refractivity contribution in [1.29, 1.82) is 0 Å². The maximum absolute atomic E-state index is 12.7. The van der Waals surface area contributed by atoms with Crippen LogP contribution in [0.5, 0.6) is 5.75 Å². The summed E-state index contributed by atoms with van der Waals surface area (Å²) in [6.07, 6.45) is 0.799. The SMILES string of the molecule is CCc1ccccc1NC(=O)C(C)(C)C(=O)Nc1cccc(OC)c1. The molecule has 2 aromatic rings. The van der Waals surface area contributed by atoms with Crippen molar-refractivity contribution >= 4 is 23.2 Å². The van der Waals surface area contributed by atoms with Gasteiger partial charge in [-0.05, 0) is 44.0 Å². The Bertz CT molecular complexity index is 769. The largest absolute Gasteiger partial charge is 0.497 e. The second-order valence-corrected chi connectivity index (χ2v) is 6.28. The minimum absolute atomic E-state index is 0.353. The molecule has 0 saturated heterocycles. The molecule has 0 saturated carbocycles. The third kappa shape index (κ3) is 4.38. The molecule has 0 heterocycles. The fourth-order valence-electron chi connectivity index (χ4n) is 2.32. The molecule has 2 aromatic carbocycles. The van der Waals surface area contributed by atoms with Crippen molar-refractivity contribution in [2.45, 2.75) is 27.2 Å². The molecule has 2 N–H and O–H groups in total. The van der Waals surface area contributed by atoms with E-state index in [1.165, 1.54) is 0 Å². The highest BCUT2D eigenvalue weighted by Gasteiger charge is 2.36. The molecule has 0 unspecified atom stereocenters. The van der Waals surface area contributed by atoms with Crippen molar-refractivity contribution in [2.24, 2.45) is 5.41 Å². The van der Waals surface area contributed by atoms with Crippen LogP contribution in [0.15, 0.2) is 48.5 Å². The number of anilines is 2. The molecule has 2 amide bonds. The summed E-state index contributed by atoms with van der Waals surface area (Å²) < 4.78 is 5.14. The number of carbonyl (C=O) groups is 2. The summed E-state index contributed by atoms with van der Waals surface area (Å²) in [6.45, 7) is 5.23. The number of amides is 2. The Kier molecular flexibility index (Phi) is 5.80. The Balaban J connectivity index is 2.13. The van der Waals surface area contributed by atoms with E-state index in [0.717, 1.165) is 17.7 Å². The van der Waals surface area contributed by atoms with Crippen LogP contribution < -0.4 is 15.4 Å². The van der Waals surface area contributed by atoms with Crippen LogP contribution in [0, 0.1) is 5.41 Å². The van der Waals surface area contributed by atoms with Gasteiger partial charge in [-0.3, -0.25) is 9.59 Å². The third-order valence-corrected chi connectivity index (χ3v) is 4.11. The summed E-state index contributed by atoms with van der Waals surface area (Å²) in [7, 11) is 1.56. The quantitative estimate of drug-likeness (QED) is 0.785. The van der Waals surface area contributed by atoms with Crippen LogP contribution in [0.1, 0.15) is 26.3 Å². The highest BCUT2D eigenvalue weighted by Crippen LogP contribution is 2.24. The minimum atomic E-state index is -1.23. The van der Waals surface area contributed by atoms with Gasteiger partial charge in [0.05, 0.1) is 7.11 Å². The second kappa shape index (κ2) is 7.83. The van der Waals surface area contributed by atoms with E-state index in [4.69, 9.17) is 4.74 Å². The standard InChI is InChI=1S/C20H24N2O3/c1-5-14-9-6-7-12-17(14)22-19(24)20(2,3)18(23)21-15-10-8-11-16(13-15)25-4/h6-13H,5H2,1-4H3,(H,21,23)(H,22,24). The van der Waals surface area contributed by atoms with Gasteiger partial charge < -0.3 is 15.4 Å². The number of ether oxygens (including phenoxy) is 1. The first-order valence-corrected chi connectivity index (χ1v) is 8.23. The van der Waals surface area contributed by atoms with Gasteiger partial charge in [0.2, 0.25) is 11.8 Å². The molecule has 5 nitrogen and oxygen atoms in total. The minimum Gasteiger partial charge on any atom is -0.497 e. The molecular formula is C20H24N2O3. The predicted octanol–water partition coefficient (Wildman–Crippen LogP) is 3.86. The van der Waals surface area contributed by atoms with E-state index >= 15 is 0 Å². The van der Waals surface area contributed by atoms with Gasteiger partial charge in [-0.15, -0.1) is 0 Å². The number of methoxy groups -OCH3 is 1. The first-order chi connectivity index (χ1) is 11.9. The molecule has 0 aliphatic heterocycles. The van der Waals surface area contributed by atoms with Crippen LogP contribution in [-0.2, 0) is 16.0 Å². The van der Waals surface area contributed by atoms with E-state index < -0.39 is 5.41 Å². The van der Waals surface area contributed by atoms with Crippen molar-refractivity contribution in [3.63, 3.8) is 0 Å². The summed E-state index contributed by atoms with van der Waals surface area (Å²) in [5.41, 5.74) is 1.11. The van der Waals surface area contributed by atoms with Crippen molar-refractivity contribution in [1.82, 2.24) is 0 Å². The van der Waals surface area contributed by atoms with E-state index in [0.29, 0.717) is 11.4 Å². The molecule has 2 rings (SSSR count). The van der Waals surface area contributed by atoms with Gasteiger partial charge in [-0.25, -0.2) is 0 Å². The van der Waals surface area contributed by atoms with Crippen LogP contribution in [-0.4, -0.2) is 18.9 Å². The van der Waals surface area contributed by atoms with Gasteiger partial charge in [-0.1, -0.05) is 31.2 Å². The molecule has 132 valence electrons. The summed E-state index contributed by atoms with van der Waals surface area (Å²) in [5, 5.41) is 5.64. The van der Waals surface area contributed by atoms with Gasteiger partial charge in [0, 0.05) is 17.4 Å². The Morgan fingerprint density at radius 2 is 1.68 bits per heavy atom. The van der Waals surface area contributed by atoms with E-state index in [1.807, 2.05) is 31.2 Å². The lowest BCUT2D eigenvalue weighted by Gasteiger charge is -2.23. The van der Waals surface area contributed by atoms with Crippen LogP contribution in [0.4, 0.5) is 11.4 Å². The smallest absolute Gasteiger partial charge is 0.239 e. The highest BCUT2D eigenvalue weighted by atomic mass is 16.5. The maximum atomic E-state index is 12.7. The Labute approximate surface area is 148 Å². The molecule has 0 bridgehead atoms. The van der Waals surface area contributed by atoms with E-state index in [1.54, 1.807) is 45.2 Å². The van der Waals surface area contributed by atoms with E-state index in [-0.39, 0.29) is 11.8 Å². The number of carbonyl (C=O) groups excluding carboxylic acids is 2. The van der Waals surface area contributed by atoms with Crippen molar-refractivity contribution in [3.05, 3.63) is 54.1 Å². The lowest BCUT2D eigenvalue weighted by Crippen LogP contribution is -2.41. The Morgan fingerprint density at radius 1 is 1.00 bits per heavy atom. The molecule has 5 heteroatoms. The number of hydrogen-bond acceptors (Lipinski definition) is 3. The topological polar surface area (TPSA) is 67.4 Å². The number of benzene rings is 2. The zero-order chi connectivity index (χ0) is 18.4. The highest BCUT2D eigenvalue weighted by molar-refractivity contribution is 6.14. The van der Waals surface area contributed by atoms with Crippen LogP contribution >= 0.6 is 0 Å². The van der Waals surface area contributed by atoms with Crippen LogP contribution in [0.3, 0.4) is 0 Å². The summed E-state index contributed by atoms with van der Waals surface area (Å²) in [6, 6.07) is 14.6. The van der Waals surface area contributed by atoms with Crippen molar-refractivity contribution in [3.8, 4) is 5.75 Å². The van der Waals surface area contributed by atoms with Gasteiger partial charge in [0.15, 0.2) is 0 Å². The van der Waals surface area contributed by atoms with Crippen molar-refractivity contribution in [2.75, 3.05) is 17.7 Å². The zero-order valence-corrected chi connectivity index (χ0v) is 15.1. The van der Waals surface area contributed by atoms with Crippen molar-refractivity contribution < 1.29 is 14.3 Å². The number of rotatable bonds is 6. The molecule has 0 spiro atoms. The van der Waals surface area contributed by atoms with Crippen LogP contribution in [0.2, 0.25) is 0 Å². The zero-order valence-electron chi connectivity index (χ0n) is 15.1. The second-order valence-electron chi connectivity index (χ2n) is 6.28. The summed E-state index contributed by atoms with van der Waals surface area (Å²) in [4.78, 5) is 25.3. The Morgan fingerprint density at radius 3 is 2.36 bits per heavy atom. The van der Waals surface area contributed by atoms with E-state index in [9.17, 15) is 9.59 Å². The molecule has 0 fully saturated rings. The Hall–Kier alpha value is -2.82. The fourth-order valence-corrected chi connectivity index (χ4v) is 2.32. The third-order valence-electron chi connectivity index (χ3n) is 4.11. The summed E-state index contributed by atoms with van der Waals surface area (Å²) in [5.74, 6) is -0.0991. The van der Waals surface area contributed by atoms with E-state index in [2.05, 4.69) is 10.6 Å². The molecule has 0 radical (unpaired) electrons. The average molecular weight is 340 g/mol. The number of hydrogen-bond donors (Lipinski definition) is 2. The predicted molar refractivity (Wildman–Crippen MR) is 99.9 cm³/mol. The molecular weight excluding hydrogens is 316 g/mol. The number of para-hydroxylation sites is 1. The van der Waals surface area contributed by atoms with Gasteiger partial charge in [-0.2, -0.15) is 0 Å². The first kappa shape index (κ1) is 18.5. The molecule has 0 aliphatic rings. The average Bonchev–Trinajstić information content (AvgIpc) is 2.62. The normalized spacial score (nSPS) is 10.9. The summed E-state index contributed by atoms with van der Waals surface area (Å²) >= 11 is 0. The first-order valence-electron chi connectivity index (χ1n) is 8.23.